The van der Waals surface area contributed by atoms with Crippen molar-refractivity contribution in [2.24, 2.45) is 0 Å². The van der Waals surface area contributed by atoms with Gasteiger partial charge in [-0.3, -0.25) is 9.52 Å². The zero-order chi connectivity index (χ0) is 26.3. The molecule has 0 radical (unpaired) electrons. The molecule has 0 saturated carbocycles. The first kappa shape index (κ1) is 25.7. The van der Waals surface area contributed by atoms with Gasteiger partial charge in [0, 0.05) is 11.4 Å². The van der Waals surface area contributed by atoms with Crippen molar-refractivity contribution in [1.29, 1.82) is 0 Å². The van der Waals surface area contributed by atoms with Crippen LogP contribution in [0.4, 0.5) is 15.8 Å². The average Bonchev–Trinajstić information content (AvgIpc) is 2.89. The van der Waals surface area contributed by atoms with Gasteiger partial charge < -0.3 is 14.8 Å². The molecule has 0 saturated heterocycles. The Labute approximate surface area is 214 Å². The van der Waals surface area contributed by atoms with Crippen LogP contribution in [0, 0.1) is 12.7 Å². The lowest BCUT2D eigenvalue weighted by molar-refractivity contribution is -0.118. The van der Waals surface area contributed by atoms with E-state index >= 15 is 0 Å². The van der Waals surface area contributed by atoms with Crippen LogP contribution in [0.3, 0.4) is 0 Å². The Kier molecular flexibility index (Phi) is 8.05. The van der Waals surface area contributed by atoms with E-state index in [0.717, 1.165) is 5.56 Å². The number of aryl methyl sites for hydroxylation is 1. The summed E-state index contributed by atoms with van der Waals surface area (Å²) >= 11 is 0. The van der Waals surface area contributed by atoms with E-state index in [0.29, 0.717) is 29.4 Å². The number of rotatable bonds is 10. The summed E-state index contributed by atoms with van der Waals surface area (Å²) in [6.45, 7) is 1.87. The summed E-state index contributed by atoms with van der Waals surface area (Å²) in [4.78, 5) is 12.4. The third kappa shape index (κ3) is 7.31. The van der Waals surface area contributed by atoms with Crippen LogP contribution < -0.4 is 19.5 Å². The number of sulfonamides is 1. The Hall–Kier alpha value is -4.37. The van der Waals surface area contributed by atoms with Crippen molar-refractivity contribution < 1.29 is 27.1 Å². The van der Waals surface area contributed by atoms with E-state index in [1.54, 1.807) is 31.2 Å². The molecule has 9 heteroatoms. The summed E-state index contributed by atoms with van der Waals surface area (Å²) in [5, 5.41) is 2.75. The number of anilines is 2. The average molecular weight is 521 g/mol. The van der Waals surface area contributed by atoms with E-state index in [4.69, 9.17) is 9.47 Å². The lowest BCUT2D eigenvalue weighted by atomic mass is 10.2. The van der Waals surface area contributed by atoms with Gasteiger partial charge >= 0.3 is 0 Å². The maximum absolute atomic E-state index is 13.1. The minimum atomic E-state index is -3.88. The van der Waals surface area contributed by atoms with Gasteiger partial charge in [-0.1, -0.05) is 30.3 Å². The first-order valence-corrected chi connectivity index (χ1v) is 12.9. The van der Waals surface area contributed by atoms with Crippen molar-refractivity contribution in [3.63, 3.8) is 0 Å². The predicted molar refractivity (Wildman–Crippen MR) is 140 cm³/mol. The largest absolute Gasteiger partial charge is 0.489 e. The maximum atomic E-state index is 13.1. The van der Waals surface area contributed by atoms with Crippen molar-refractivity contribution >= 4 is 27.3 Å². The van der Waals surface area contributed by atoms with Crippen molar-refractivity contribution in [2.45, 2.75) is 18.4 Å². The molecule has 0 aliphatic rings. The van der Waals surface area contributed by atoms with Gasteiger partial charge in [-0.15, -0.1) is 0 Å². The summed E-state index contributed by atoms with van der Waals surface area (Å²) in [5.74, 6) is 0.222. The molecule has 7 nitrogen and oxygen atoms in total. The van der Waals surface area contributed by atoms with E-state index < -0.39 is 15.8 Å². The van der Waals surface area contributed by atoms with E-state index in [9.17, 15) is 17.6 Å². The summed E-state index contributed by atoms with van der Waals surface area (Å²) in [7, 11) is -3.88. The van der Waals surface area contributed by atoms with Crippen LogP contribution in [0.5, 0.6) is 11.5 Å². The Morgan fingerprint density at radius 2 is 1.51 bits per heavy atom. The van der Waals surface area contributed by atoms with E-state index in [-0.39, 0.29) is 23.1 Å². The van der Waals surface area contributed by atoms with Crippen LogP contribution in [0.2, 0.25) is 0 Å². The highest BCUT2D eigenvalue weighted by Gasteiger charge is 2.16. The van der Waals surface area contributed by atoms with Crippen molar-refractivity contribution in [3.8, 4) is 11.5 Å². The van der Waals surface area contributed by atoms with Crippen molar-refractivity contribution in [3.05, 3.63) is 114 Å². The molecule has 2 N–H and O–H groups in total. The molecule has 0 aliphatic heterocycles. The lowest BCUT2D eigenvalue weighted by Crippen LogP contribution is -2.20. The molecule has 0 bridgehead atoms. The highest BCUT2D eigenvalue weighted by molar-refractivity contribution is 7.92. The van der Waals surface area contributed by atoms with Gasteiger partial charge in [0.05, 0.1) is 4.90 Å². The Balaban J connectivity index is 1.29. The topological polar surface area (TPSA) is 93.7 Å². The number of carbonyl (C=O) groups is 1. The van der Waals surface area contributed by atoms with Gasteiger partial charge in [0.1, 0.15) is 23.9 Å². The number of ether oxygens (including phenoxy) is 2. The second-order valence-corrected chi connectivity index (χ2v) is 9.86. The number of carbonyl (C=O) groups excluding carboxylic acids is 1. The van der Waals surface area contributed by atoms with Crippen LogP contribution in [-0.4, -0.2) is 20.9 Å². The Morgan fingerprint density at radius 3 is 2.19 bits per heavy atom. The van der Waals surface area contributed by atoms with Gasteiger partial charge in [0.2, 0.25) is 0 Å². The molecule has 4 rings (SSSR count). The van der Waals surface area contributed by atoms with Crippen LogP contribution in [0.15, 0.2) is 102 Å². The van der Waals surface area contributed by atoms with Gasteiger partial charge in [0.15, 0.2) is 6.61 Å². The van der Waals surface area contributed by atoms with Crippen LogP contribution in [-0.2, 0) is 21.4 Å². The first-order chi connectivity index (χ1) is 17.8. The zero-order valence-corrected chi connectivity index (χ0v) is 20.8. The molecular weight excluding hydrogens is 495 g/mol. The number of hydrogen-bond acceptors (Lipinski definition) is 5. The monoisotopic (exact) mass is 520 g/mol. The van der Waals surface area contributed by atoms with E-state index in [2.05, 4.69) is 10.0 Å². The number of nitrogens with one attached hydrogen (secondary N) is 2. The standard InChI is InChI=1S/C28H25FN2O5S/c1-20-17-26(37(33,34)31-24-9-7-22(29)8-10-24)15-16-27(20)36-19-28(32)30-23-11-13-25(14-12-23)35-18-21-5-3-2-4-6-21/h2-17,31H,18-19H2,1H3,(H,30,32). The maximum Gasteiger partial charge on any atom is 0.262 e. The Morgan fingerprint density at radius 1 is 0.838 bits per heavy atom. The molecular formula is C28H25FN2O5S. The SMILES string of the molecule is Cc1cc(S(=O)(=O)Nc2ccc(F)cc2)ccc1OCC(=O)Nc1ccc(OCc2ccccc2)cc1. The molecule has 0 aromatic heterocycles. The van der Waals surface area contributed by atoms with Crippen molar-refractivity contribution in [2.75, 3.05) is 16.6 Å². The quantitative estimate of drug-likeness (QED) is 0.287. The molecule has 4 aromatic carbocycles. The third-order valence-corrected chi connectivity index (χ3v) is 6.68. The van der Waals surface area contributed by atoms with Crippen LogP contribution >= 0.6 is 0 Å². The third-order valence-electron chi connectivity index (χ3n) is 5.30. The fourth-order valence-electron chi connectivity index (χ4n) is 3.40. The minimum absolute atomic E-state index is 0.0145. The molecule has 190 valence electrons. The fraction of sp³-hybridized carbons (Fsp3) is 0.107. The highest BCUT2D eigenvalue weighted by atomic mass is 32.2. The number of hydrogen-bond donors (Lipinski definition) is 2. The molecule has 0 unspecified atom stereocenters. The molecule has 4 aromatic rings. The summed E-state index contributed by atoms with van der Waals surface area (Å²) in [6.07, 6.45) is 0. The van der Waals surface area contributed by atoms with Crippen LogP contribution in [0.25, 0.3) is 0 Å². The fourth-order valence-corrected chi connectivity index (χ4v) is 4.54. The van der Waals surface area contributed by atoms with E-state index in [1.807, 2.05) is 30.3 Å². The van der Waals surface area contributed by atoms with Gasteiger partial charge in [0.25, 0.3) is 15.9 Å². The highest BCUT2D eigenvalue weighted by Crippen LogP contribution is 2.24. The molecule has 0 spiro atoms. The second-order valence-electron chi connectivity index (χ2n) is 8.18. The molecule has 0 aliphatic carbocycles. The zero-order valence-electron chi connectivity index (χ0n) is 20.0. The normalized spacial score (nSPS) is 11.0. The van der Waals surface area contributed by atoms with Gasteiger partial charge in [-0.2, -0.15) is 0 Å². The van der Waals surface area contributed by atoms with E-state index in [1.165, 1.54) is 42.5 Å². The summed E-state index contributed by atoms with van der Waals surface area (Å²) in [5.41, 5.74) is 2.43. The number of halogens is 1. The van der Waals surface area contributed by atoms with Gasteiger partial charge in [-0.25, -0.2) is 12.8 Å². The number of amides is 1. The first-order valence-electron chi connectivity index (χ1n) is 11.4. The molecule has 0 atom stereocenters. The van der Waals surface area contributed by atoms with Crippen LogP contribution in [0.1, 0.15) is 11.1 Å². The lowest BCUT2D eigenvalue weighted by Gasteiger charge is -2.13. The summed E-state index contributed by atoms with van der Waals surface area (Å²) < 4.78 is 52.1. The molecule has 37 heavy (non-hydrogen) atoms. The second kappa shape index (κ2) is 11.6. The van der Waals surface area contributed by atoms with Crippen molar-refractivity contribution in [1.82, 2.24) is 0 Å². The predicted octanol–water partition coefficient (Wildman–Crippen LogP) is 5.53. The Bertz CT molecular complexity index is 1460. The molecule has 1 amide bonds. The van der Waals surface area contributed by atoms with Gasteiger partial charge in [-0.05, 0) is 84.8 Å². The molecule has 0 fully saturated rings. The number of benzene rings is 4. The summed E-state index contributed by atoms with van der Waals surface area (Å²) in [6, 6.07) is 26.1. The molecule has 0 heterocycles. The smallest absolute Gasteiger partial charge is 0.262 e. The minimum Gasteiger partial charge on any atom is -0.489 e.